The monoisotopic (exact) mass is 456 g/mol. The van der Waals surface area contributed by atoms with E-state index in [0.717, 1.165) is 27.0 Å². The molecule has 3 N–H and O–H groups in total. The van der Waals surface area contributed by atoms with Gasteiger partial charge in [-0.3, -0.25) is 4.79 Å². The maximum Gasteiger partial charge on any atom is 0.341 e. The summed E-state index contributed by atoms with van der Waals surface area (Å²) in [5.74, 6) is -1.22. The van der Waals surface area contributed by atoms with Gasteiger partial charge in [0.25, 0.3) is 0 Å². The minimum Gasteiger partial charge on any atom is -0.481 e. The van der Waals surface area contributed by atoms with Crippen molar-refractivity contribution in [1.29, 1.82) is 0 Å². The third-order valence-electron chi connectivity index (χ3n) is 5.56. The SMILES string of the molecule is NC(=O)c1cccc2c1c1c(OCC(=O)O)cc(-c3cccs3)cc1n2Cc1ccccc1. The number of ether oxygens (including phenoxy) is 1. The van der Waals surface area contributed by atoms with Gasteiger partial charge < -0.3 is 20.1 Å². The number of hydrogen-bond acceptors (Lipinski definition) is 4. The van der Waals surface area contributed by atoms with Crippen LogP contribution in [0.4, 0.5) is 0 Å². The molecule has 6 nitrogen and oxygen atoms in total. The number of carbonyl (C=O) groups is 2. The summed E-state index contributed by atoms with van der Waals surface area (Å²) in [5, 5.41) is 12.6. The first kappa shape index (κ1) is 20.8. The molecule has 2 aromatic heterocycles. The maximum absolute atomic E-state index is 12.3. The van der Waals surface area contributed by atoms with Crippen molar-refractivity contribution in [2.24, 2.45) is 5.73 Å². The van der Waals surface area contributed by atoms with Gasteiger partial charge in [0, 0.05) is 22.4 Å². The largest absolute Gasteiger partial charge is 0.481 e. The summed E-state index contributed by atoms with van der Waals surface area (Å²) in [5.41, 5.74) is 9.77. The Morgan fingerprint density at radius 3 is 2.45 bits per heavy atom. The van der Waals surface area contributed by atoms with Crippen LogP contribution in [0.3, 0.4) is 0 Å². The van der Waals surface area contributed by atoms with Crippen molar-refractivity contribution in [2.45, 2.75) is 6.54 Å². The van der Waals surface area contributed by atoms with Crippen molar-refractivity contribution in [3.63, 3.8) is 0 Å². The Balaban J connectivity index is 1.87. The van der Waals surface area contributed by atoms with Crippen molar-refractivity contribution in [3.8, 4) is 16.2 Å². The molecular weight excluding hydrogens is 436 g/mol. The van der Waals surface area contributed by atoms with Crippen LogP contribution in [-0.4, -0.2) is 28.2 Å². The molecule has 0 aliphatic rings. The van der Waals surface area contributed by atoms with Crippen LogP contribution in [0.25, 0.3) is 32.2 Å². The van der Waals surface area contributed by atoms with Gasteiger partial charge in [0.2, 0.25) is 5.91 Å². The highest BCUT2D eigenvalue weighted by Crippen LogP contribution is 2.41. The molecule has 33 heavy (non-hydrogen) atoms. The van der Waals surface area contributed by atoms with E-state index in [0.29, 0.717) is 28.6 Å². The molecule has 0 unspecified atom stereocenters. The lowest BCUT2D eigenvalue weighted by molar-refractivity contribution is -0.139. The van der Waals surface area contributed by atoms with Gasteiger partial charge in [0.15, 0.2) is 6.61 Å². The molecule has 0 atom stereocenters. The van der Waals surface area contributed by atoms with Crippen molar-refractivity contribution in [3.05, 3.63) is 89.3 Å². The quantitative estimate of drug-likeness (QED) is 0.355. The number of carboxylic acid groups (broad SMARTS) is 1. The van der Waals surface area contributed by atoms with Crippen LogP contribution in [0.5, 0.6) is 5.75 Å². The molecule has 0 aliphatic heterocycles. The number of carboxylic acids is 1. The van der Waals surface area contributed by atoms with Gasteiger partial charge in [-0.2, -0.15) is 0 Å². The van der Waals surface area contributed by atoms with E-state index in [1.54, 1.807) is 23.5 Å². The third-order valence-corrected chi connectivity index (χ3v) is 6.48. The zero-order chi connectivity index (χ0) is 22.9. The van der Waals surface area contributed by atoms with Gasteiger partial charge in [-0.1, -0.05) is 42.5 Å². The van der Waals surface area contributed by atoms with E-state index < -0.39 is 18.5 Å². The molecule has 5 rings (SSSR count). The molecular formula is C26H20N2O4S. The molecule has 0 saturated heterocycles. The third kappa shape index (κ3) is 3.83. The number of benzene rings is 3. The Morgan fingerprint density at radius 1 is 0.939 bits per heavy atom. The Bertz CT molecular complexity index is 1490. The van der Waals surface area contributed by atoms with Gasteiger partial charge in [-0.15, -0.1) is 11.3 Å². The molecule has 5 aromatic rings. The fraction of sp³-hybridized carbons (Fsp3) is 0.0769. The lowest BCUT2D eigenvalue weighted by Crippen LogP contribution is -2.11. The Kier molecular flexibility index (Phi) is 5.32. The number of aliphatic carboxylic acids is 1. The first-order valence-corrected chi connectivity index (χ1v) is 11.2. The predicted molar refractivity (Wildman–Crippen MR) is 130 cm³/mol. The number of nitrogens with two attached hydrogens (primary N) is 1. The first-order valence-electron chi connectivity index (χ1n) is 10.3. The second-order valence-electron chi connectivity index (χ2n) is 7.66. The van der Waals surface area contributed by atoms with E-state index in [1.165, 1.54) is 0 Å². The van der Waals surface area contributed by atoms with Gasteiger partial charge in [-0.25, -0.2) is 4.79 Å². The lowest BCUT2D eigenvalue weighted by atomic mass is 10.0. The van der Waals surface area contributed by atoms with Crippen LogP contribution in [0.1, 0.15) is 15.9 Å². The normalized spacial score (nSPS) is 11.2. The second-order valence-corrected chi connectivity index (χ2v) is 8.61. The van der Waals surface area contributed by atoms with Crippen LogP contribution in [0, 0.1) is 0 Å². The van der Waals surface area contributed by atoms with E-state index >= 15 is 0 Å². The number of hydrogen-bond donors (Lipinski definition) is 2. The number of rotatable bonds is 7. The van der Waals surface area contributed by atoms with Crippen LogP contribution in [0.15, 0.2) is 78.2 Å². The summed E-state index contributed by atoms with van der Waals surface area (Å²) in [6, 6.07) is 23.3. The number of nitrogens with zero attached hydrogens (tertiary/aromatic N) is 1. The average Bonchev–Trinajstić information content (AvgIpc) is 3.45. The molecule has 0 bridgehead atoms. The lowest BCUT2D eigenvalue weighted by Gasteiger charge is -2.11. The Hall–Kier alpha value is -4.10. The van der Waals surface area contributed by atoms with E-state index in [9.17, 15) is 14.7 Å². The van der Waals surface area contributed by atoms with Crippen molar-refractivity contribution in [1.82, 2.24) is 4.57 Å². The number of carbonyl (C=O) groups excluding carboxylic acids is 1. The second kappa shape index (κ2) is 8.44. The fourth-order valence-electron chi connectivity index (χ4n) is 4.20. The average molecular weight is 457 g/mol. The van der Waals surface area contributed by atoms with Crippen molar-refractivity contribution >= 4 is 45.0 Å². The number of aromatic nitrogens is 1. The minimum atomic E-state index is -1.08. The molecule has 0 spiro atoms. The van der Waals surface area contributed by atoms with Crippen LogP contribution < -0.4 is 10.5 Å². The standard InChI is InChI=1S/C26H20N2O4S/c27-26(31)18-8-4-9-19-24(18)25-20(28(19)14-16-6-2-1-3-7-16)12-17(22-10-5-11-33-22)13-21(25)32-15-23(29)30/h1-13H,14-15H2,(H2,27,31)(H,29,30). The summed E-state index contributed by atoms with van der Waals surface area (Å²) >= 11 is 1.59. The van der Waals surface area contributed by atoms with E-state index in [2.05, 4.69) is 10.6 Å². The summed E-state index contributed by atoms with van der Waals surface area (Å²) in [6.07, 6.45) is 0. The molecule has 0 fully saturated rings. The molecule has 0 aliphatic carbocycles. The van der Waals surface area contributed by atoms with Crippen molar-refractivity contribution < 1.29 is 19.4 Å². The summed E-state index contributed by atoms with van der Waals surface area (Å²) in [7, 11) is 0. The zero-order valence-electron chi connectivity index (χ0n) is 17.5. The number of thiophene rings is 1. The van der Waals surface area contributed by atoms with Crippen LogP contribution in [-0.2, 0) is 11.3 Å². The summed E-state index contributed by atoms with van der Waals surface area (Å²) in [4.78, 5) is 24.7. The van der Waals surface area contributed by atoms with Gasteiger partial charge >= 0.3 is 5.97 Å². The van der Waals surface area contributed by atoms with E-state index in [-0.39, 0.29) is 0 Å². The summed E-state index contributed by atoms with van der Waals surface area (Å²) in [6.45, 7) is 0.0718. The van der Waals surface area contributed by atoms with Gasteiger partial charge in [0.1, 0.15) is 5.75 Å². The van der Waals surface area contributed by atoms with E-state index in [1.807, 2.05) is 60.0 Å². The highest BCUT2D eigenvalue weighted by Gasteiger charge is 2.22. The Labute approximate surface area is 193 Å². The highest BCUT2D eigenvalue weighted by atomic mass is 32.1. The molecule has 0 radical (unpaired) electrons. The molecule has 0 saturated carbocycles. The number of amides is 1. The predicted octanol–water partition coefficient (Wildman–Crippen LogP) is 5.13. The topological polar surface area (TPSA) is 94.6 Å². The number of primary amides is 1. The fourth-order valence-corrected chi connectivity index (χ4v) is 4.92. The number of fused-ring (bicyclic) bond motifs is 3. The molecule has 3 aromatic carbocycles. The highest BCUT2D eigenvalue weighted by molar-refractivity contribution is 7.13. The molecule has 7 heteroatoms. The maximum atomic E-state index is 12.3. The first-order chi connectivity index (χ1) is 16.0. The minimum absolute atomic E-state index is 0.369. The van der Waals surface area contributed by atoms with Crippen LogP contribution >= 0.6 is 11.3 Å². The summed E-state index contributed by atoms with van der Waals surface area (Å²) < 4.78 is 7.89. The van der Waals surface area contributed by atoms with Crippen molar-refractivity contribution in [2.75, 3.05) is 6.61 Å². The molecule has 1 amide bonds. The van der Waals surface area contributed by atoms with Gasteiger partial charge in [0.05, 0.1) is 16.4 Å². The smallest absolute Gasteiger partial charge is 0.341 e. The molecule has 2 heterocycles. The van der Waals surface area contributed by atoms with Crippen LogP contribution in [0.2, 0.25) is 0 Å². The van der Waals surface area contributed by atoms with Gasteiger partial charge in [-0.05, 0) is 46.8 Å². The van der Waals surface area contributed by atoms with E-state index in [4.69, 9.17) is 10.5 Å². The molecule has 164 valence electrons. The zero-order valence-corrected chi connectivity index (χ0v) is 18.3. The Morgan fingerprint density at radius 2 is 1.76 bits per heavy atom.